The summed E-state index contributed by atoms with van der Waals surface area (Å²) in [7, 11) is 0. The Hall–Kier alpha value is -0.700. The number of hydrogen-bond donors (Lipinski definition) is 0. The first-order valence-corrected chi connectivity index (χ1v) is 2.47. The largest absolute Gasteiger partial charge is 0.120 e. The van der Waals surface area contributed by atoms with Gasteiger partial charge in [-0.25, -0.2) is 0 Å². The molecule has 0 radical (unpaired) electrons. The maximum Gasteiger partial charge on any atom is 0.0269 e. The molecular weight excluding hydrogens is 84.1 g/mol. The average Bonchev–Trinajstić information content (AvgIpc) is 2.43. The second kappa shape index (κ2) is 1.42. The van der Waals surface area contributed by atoms with Gasteiger partial charge in [-0.3, -0.25) is 0 Å². The molecule has 7 heavy (non-hydrogen) atoms. The SMILES string of the molecule is C#C[C@@H]1C[C@H]1C=C. The van der Waals surface area contributed by atoms with Crippen LogP contribution in [0.3, 0.4) is 0 Å². The first-order valence-electron chi connectivity index (χ1n) is 2.47. The second-order valence-corrected chi connectivity index (χ2v) is 1.91. The molecular formula is C7H8. The lowest BCUT2D eigenvalue weighted by atomic mass is 10.3. The van der Waals surface area contributed by atoms with E-state index in [-0.39, 0.29) is 0 Å². The van der Waals surface area contributed by atoms with Gasteiger partial charge in [0.1, 0.15) is 0 Å². The minimum absolute atomic E-state index is 0.525. The van der Waals surface area contributed by atoms with Crippen molar-refractivity contribution in [2.45, 2.75) is 6.42 Å². The van der Waals surface area contributed by atoms with Gasteiger partial charge in [0, 0.05) is 5.92 Å². The van der Waals surface area contributed by atoms with Crippen molar-refractivity contribution in [3.8, 4) is 12.3 Å². The van der Waals surface area contributed by atoms with Gasteiger partial charge < -0.3 is 0 Å². The fraction of sp³-hybridized carbons (Fsp3) is 0.429. The first-order chi connectivity index (χ1) is 3.38. The normalized spacial score (nSPS) is 36.4. The lowest BCUT2D eigenvalue weighted by molar-refractivity contribution is 1.03. The smallest absolute Gasteiger partial charge is 0.0269 e. The molecule has 0 aromatic carbocycles. The van der Waals surface area contributed by atoms with Crippen molar-refractivity contribution in [2.75, 3.05) is 0 Å². The van der Waals surface area contributed by atoms with Gasteiger partial charge in [0.05, 0.1) is 0 Å². The zero-order chi connectivity index (χ0) is 5.28. The van der Waals surface area contributed by atoms with Crippen LogP contribution in [0.4, 0.5) is 0 Å². The third-order valence-corrected chi connectivity index (χ3v) is 1.36. The van der Waals surface area contributed by atoms with E-state index in [9.17, 15) is 0 Å². The Kier molecular flexibility index (Phi) is 0.906. The first kappa shape index (κ1) is 4.46. The zero-order valence-electron chi connectivity index (χ0n) is 4.22. The number of rotatable bonds is 1. The number of allylic oxidation sites excluding steroid dienone is 1. The fourth-order valence-corrected chi connectivity index (χ4v) is 0.667. The molecule has 1 aliphatic carbocycles. The van der Waals surface area contributed by atoms with Crippen molar-refractivity contribution in [1.29, 1.82) is 0 Å². The monoisotopic (exact) mass is 92.1 g/mol. The van der Waals surface area contributed by atoms with E-state index in [1.807, 2.05) is 6.08 Å². The predicted molar refractivity (Wildman–Crippen MR) is 30.6 cm³/mol. The Morgan fingerprint density at radius 3 is 2.71 bits per heavy atom. The summed E-state index contributed by atoms with van der Waals surface area (Å²) in [5.74, 6) is 3.84. The summed E-state index contributed by atoms with van der Waals surface area (Å²) >= 11 is 0. The van der Waals surface area contributed by atoms with Crippen LogP contribution in [0.15, 0.2) is 12.7 Å². The van der Waals surface area contributed by atoms with Crippen LogP contribution in [0.25, 0.3) is 0 Å². The van der Waals surface area contributed by atoms with Gasteiger partial charge in [0.15, 0.2) is 0 Å². The second-order valence-electron chi connectivity index (χ2n) is 1.91. The molecule has 0 spiro atoms. The maximum atomic E-state index is 5.10. The van der Waals surface area contributed by atoms with E-state index in [0.29, 0.717) is 11.8 Å². The summed E-state index contributed by atoms with van der Waals surface area (Å²) in [5, 5.41) is 0. The summed E-state index contributed by atoms with van der Waals surface area (Å²) in [4.78, 5) is 0. The highest BCUT2D eigenvalue weighted by molar-refractivity contribution is 5.12. The number of terminal acetylenes is 1. The van der Waals surface area contributed by atoms with E-state index in [0.717, 1.165) is 0 Å². The fourth-order valence-electron chi connectivity index (χ4n) is 0.667. The minimum Gasteiger partial charge on any atom is -0.120 e. The Balaban J connectivity index is 2.34. The predicted octanol–water partition coefficient (Wildman–Crippen LogP) is 1.44. The highest BCUT2D eigenvalue weighted by atomic mass is 14.3. The molecule has 2 atom stereocenters. The van der Waals surface area contributed by atoms with Crippen molar-refractivity contribution in [3.05, 3.63) is 12.7 Å². The molecule has 0 bridgehead atoms. The van der Waals surface area contributed by atoms with Crippen LogP contribution in [-0.4, -0.2) is 0 Å². The Morgan fingerprint density at radius 2 is 2.57 bits per heavy atom. The summed E-state index contributed by atoms with van der Waals surface area (Å²) in [6.45, 7) is 3.63. The lowest BCUT2D eigenvalue weighted by Gasteiger charge is -1.72. The van der Waals surface area contributed by atoms with Crippen LogP contribution in [0.5, 0.6) is 0 Å². The van der Waals surface area contributed by atoms with Crippen LogP contribution < -0.4 is 0 Å². The zero-order valence-corrected chi connectivity index (χ0v) is 4.22. The van der Waals surface area contributed by atoms with E-state index < -0.39 is 0 Å². The minimum atomic E-state index is 0.525. The molecule has 0 amide bonds. The van der Waals surface area contributed by atoms with E-state index in [2.05, 4.69) is 12.5 Å². The third-order valence-electron chi connectivity index (χ3n) is 1.36. The van der Waals surface area contributed by atoms with E-state index in [4.69, 9.17) is 6.42 Å². The van der Waals surface area contributed by atoms with Crippen LogP contribution in [0.1, 0.15) is 6.42 Å². The highest BCUT2D eigenvalue weighted by Crippen LogP contribution is 2.37. The summed E-state index contributed by atoms with van der Waals surface area (Å²) in [6, 6.07) is 0. The van der Waals surface area contributed by atoms with Crippen LogP contribution in [-0.2, 0) is 0 Å². The van der Waals surface area contributed by atoms with Crippen molar-refractivity contribution < 1.29 is 0 Å². The summed E-state index contributed by atoms with van der Waals surface area (Å²) in [5.41, 5.74) is 0. The van der Waals surface area contributed by atoms with Gasteiger partial charge >= 0.3 is 0 Å². The van der Waals surface area contributed by atoms with Crippen molar-refractivity contribution in [2.24, 2.45) is 11.8 Å². The summed E-state index contributed by atoms with van der Waals surface area (Å²) < 4.78 is 0. The van der Waals surface area contributed by atoms with E-state index in [1.54, 1.807) is 0 Å². The topological polar surface area (TPSA) is 0 Å². The molecule has 0 heterocycles. The molecule has 1 fully saturated rings. The Bertz CT molecular complexity index is 116. The van der Waals surface area contributed by atoms with Gasteiger partial charge in [-0.1, -0.05) is 6.08 Å². The molecule has 0 aromatic rings. The van der Waals surface area contributed by atoms with E-state index in [1.165, 1.54) is 6.42 Å². The molecule has 0 nitrogen and oxygen atoms in total. The van der Waals surface area contributed by atoms with Crippen LogP contribution in [0.2, 0.25) is 0 Å². The molecule has 1 saturated carbocycles. The number of hydrogen-bond acceptors (Lipinski definition) is 0. The molecule has 0 aromatic heterocycles. The molecule has 36 valence electrons. The van der Waals surface area contributed by atoms with Crippen molar-refractivity contribution in [3.63, 3.8) is 0 Å². The molecule has 0 N–H and O–H groups in total. The maximum absolute atomic E-state index is 5.10. The highest BCUT2D eigenvalue weighted by Gasteiger charge is 2.31. The molecule has 0 aliphatic heterocycles. The molecule has 0 unspecified atom stereocenters. The van der Waals surface area contributed by atoms with Gasteiger partial charge in [-0.05, 0) is 12.3 Å². The van der Waals surface area contributed by atoms with Gasteiger partial charge in [0.2, 0.25) is 0 Å². The van der Waals surface area contributed by atoms with Gasteiger partial charge in [-0.15, -0.1) is 18.9 Å². The van der Waals surface area contributed by atoms with Crippen LogP contribution >= 0.6 is 0 Å². The van der Waals surface area contributed by atoms with Gasteiger partial charge in [0.25, 0.3) is 0 Å². The molecule has 0 saturated heterocycles. The quantitative estimate of drug-likeness (QED) is 0.339. The van der Waals surface area contributed by atoms with Gasteiger partial charge in [-0.2, -0.15) is 0 Å². The van der Waals surface area contributed by atoms with Crippen molar-refractivity contribution >= 4 is 0 Å². The molecule has 0 heteroatoms. The standard InChI is InChI=1S/C7H8/c1-3-6-5-7(6)4-2/h1,4,6-7H,2,5H2/t6-,7-/m1/s1. The Morgan fingerprint density at radius 1 is 1.86 bits per heavy atom. The Labute approximate surface area is 44.2 Å². The van der Waals surface area contributed by atoms with Crippen molar-refractivity contribution in [1.82, 2.24) is 0 Å². The molecule has 1 aliphatic rings. The third kappa shape index (κ3) is 0.667. The molecule has 1 rings (SSSR count). The van der Waals surface area contributed by atoms with Crippen LogP contribution in [0, 0.1) is 24.2 Å². The average molecular weight is 92.1 g/mol. The van der Waals surface area contributed by atoms with E-state index >= 15 is 0 Å². The summed E-state index contributed by atoms with van der Waals surface area (Å²) in [6.07, 6.45) is 8.20. The lowest BCUT2D eigenvalue weighted by Crippen LogP contribution is -1.66.